The van der Waals surface area contributed by atoms with E-state index in [-0.39, 0.29) is 29.1 Å². The van der Waals surface area contributed by atoms with Crippen molar-refractivity contribution in [3.8, 4) is 11.5 Å². The fourth-order valence-corrected chi connectivity index (χ4v) is 6.71. The van der Waals surface area contributed by atoms with Crippen molar-refractivity contribution in [2.75, 3.05) is 25.1 Å². The van der Waals surface area contributed by atoms with Gasteiger partial charge >= 0.3 is 0 Å². The molecule has 1 N–H and O–H groups in total. The Morgan fingerprint density at radius 2 is 1.56 bits per heavy atom. The van der Waals surface area contributed by atoms with Crippen molar-refractivity contribution >= 4 is 27.5 Å². The number of anilines is 1. The van der Waals surface area contributed by atoms with E-state index in [1.54, 1.807) is 31.2 Å². The van der Waals surface area contributed by atoms with Crippen LogP contribution in [0.1, 0.15) is 50.2 Å². The van der Waals surface area contributed by atoms with Gasteiger partial charge in [0.05, 0.1) is 24.8 Å². The molecule has 0 bridgehead atoms. The zero-order chi connectivity index (χ0) is 31.0. The highest BCUT2D eigenvalue weighted by atomic mass is 32.2. The van der Waals surface area contributed by atoms with Gasteiger partial charge in [-0.3, -0.25) is 13.9 Å². The average Bonchev–Trinajstić information content (AvgIpc) is 3.03. The number of methoxy groups -OCH3 is 2. The zero-order valence-electron chi connectivity index (χ0n) is 25.3. The minimum absolute atomic E-state index is 0.0591. The van der Waals surface area contributed by atoms with Gasteiger partial charge in [0.1, 0.15) is 12.6 Å². The van der Waals surface area contributed by atoms with Gasteiger partial charge in [0, 0.05) is 18.7 Å². The van der Waals surface area contributed by atoms with Crippen LogP contribution in [-0.4, -0.2) is 58.0 Å². The number of sulfonamides is 1. The van der Waals surface area contributed by atoms with E-state index in [1.165, 1.54) is 37.3 Å². The minimum Gasteiger partial charge on any atom is -0.493 e. The fraction of sp³-hybridized carbons (Fsp3) is 0.394. The van der Waals surface area contributed by atoms with Crippen LogP contribution in [0.5, 0.6) is 11.5 Å². The van der Waals surface area contributed by atoms with Gasteiger partial charge in [0.15, 0.2) is 11.5 Å². The summed E-state index contributed by atoms with van der Waals surface area (Å²) in [5, 5.41) is 3.12. The first kappa shape index (κ1) is 31.9. The lowest BCUT2D eigenvalue weighted by molar-refractivity contribution is -0.139. The molecule has 4 rings (SSSR count). The molecule has 1 atom stereocenters. The number of benzene rings is 3. The number of amides is 2. The summed E-state index contributed by atoms with van der Waals surface area (Å²) in [7, 11) is -1.35. The third-order valence-corrected chi connectivity index (χ3v) is 9.63. The van der Waals surface area contributed by atoms with Gasteiger partial charge in [-0.1, -0.05) is 67.3 Å². The molecule has 43 heavy (non-hydrogen) atoms. The largest absolute Gasteiger partial charge is 0.493 e. The molecule has 0 heterocycles. The molecule has 1 saturated carbocycles. The number of carbonyl (C=O) groups excluding carboxylic acids is 2. The molecule has 0 spiro atoms. The molecule has 1 fully saturated rings. The van der Waals surface area contributed by atoms with Gasteiger partial charge in [0.2, 0.25) is 11.8 Å². The summed E-state index contributed by atoms with van der Waals surface area (Å²) in [6, 6.07) is 19.9. The molecule has 3 aromatic carbocycles. The van der Waals surface area contributed by atoms with E-state index in [0.717, 1.165) is 47.5 Å². The first-order chi connectivity index (χ1) is 20.6. The highest BCUT2D eigenvalue weighted by Gasteiger charge is 2.33. The smallest absolute Gasteiger partial charge is 0.264 e. The summed E-state index contributed by atoms with van der Waals surface area (Å²) in [4.78, 5) is 29.0. The van der Waals surface area contributed by atoms with Crippen molar-refractivity contribution in [3.63, 3.8) is 0 Å². The van der Waals surface area contributed by atoms with E-state index in [0.29, 0.717) is 11.4 Å². The maximum absolute atomic E-state index is 14.1. The second-order valence-corrected chi connectivity index (χ2v) is 12.8. The van der Waals surface area contributed by atoms with Gasteiger partial charge < -0.3 is 19.7 Å². The van der Waals surface area contributed by atoms with Crippen LogP contribution in [0, 0.1) is 6.92 Å². The summed E-state index contributed by atoms with van der Waals surface area (Å²) >= 11 is 0. The van der Waals surface area contributed by atoms with Crippen molar-refractivity contribution < 1.29 is 27.5 Å². The average molecular weight is 608 g/mol. The molecule has 230 valence electrons. The third-order valence-electron chi connectivity index (χ3n) is 7.86. The van der Waals surface area contributed by atoms with Crippen LogP contribution >= 0.6 is 0 Å². The number of aryl methyl sites for hydroxylation is 1. The number of nitrogens with zero attached hydrogens (tertiary/aromatic N) is 2. The Labute approximate surface area is 254 Å². The molecule has 0 radical (unpaired) electrons. The Bertz CT molecular complexity index is 1490. The van der Waals surface area contributed by atoms with Crippen LogP contribution in [0.4, 0.5) is 5.69 Å². The monoisotopic (exact) mass is 607 g/mol. The molecule has 10 heteroatoms. The van der Waals surface area contributed by atoms with Crippen molar-refractivity contribution in [1.82, 2.24) is 10.2 Å². The lowest BCUT2D eigenvalue weighted by atomic mass is 9.95. The molecule has 9 nitrogen and oxygen atoms in total. The number of hydrogen-bond donors (Lipinski definition) is 1. The van der Waals surface area contributed by atoms with E-state index in [1.807, 2.05) is 37.3 Å². The van der Waals surface area contributed by atoms with Crippen molar-refractivity contribution in [3.05, 3.63) is 83.9 Å². The highest BCUT2D eigenvalue weighted by Crippen LogP contribution is 2.32. The number of ether oxygens (including phenoxy) is 2. The van der Waals surface area contributed by atoms with E-state index < -0.39 is 28.5 Å². The Kier molecular flexibility index (Phi) is 10.7. The van der Waals surface area contributed by atoms with Gasteiger partial charge in [-0.05, 0) is 56.5 Å². The molecule has 0 aromatic heterocycles. The number of hydrogen-bond acceptors (Lipinski definition) is 6. The summed E-state index contributed by atoms with van der Waals surface area (Å²) in [6.07, 6.45) is 5.10. The van der Waals surface area contributed by atoms with Crippen LogP contribution in [0.2, 0.25) is 0 Å². The predicted octanol–water partition coefficient (Wildman–Crippen LogP) is 5.07. The molecule has 3 aromatic rings. The SMILES string of the molecule is COc1ccc(S(=O)(=O)N(CC(=O)N(Cc2ccccc2)[C@@H](C)C(=O)NC2CCCCC2)c2ccc(C)cc2)cc1OC. The van der Waals surface area contributed by atoms with Gasteiger partial charge in [-0.15, -0.1) is 0 Å². The summed E-state index contributed by atoms with van der Waals surface area (Å²) in [6.45, 7) is 3.24. The number of rotatable bonds is 12. The lowest BCUT2D eigenvalue weighted by Gasteiger charge is -2.33. The topological polar surface area (TPSA) is 105 Å². The molecular formula is C33H41N3O6S. The van der Waals surface area contributed by atoms with Crippen molar-refractivity contribution in [2.24, 2.45) is 0 Å². The molecule has 1 aliphatic carbocycles. The van der Waals surface area contributed by atoms with E-state index in [9.17, 15) is 18.0 Å². The lowest BCUT2D eigenvalue weighted by Crippen LogP contribution is -2.53. The van der Waals surface area contributed by atoms with Crippen LogP contribution in [0.15, 0.2) is 77.7 Å². The normalized spacial score (nSPS) is 14.4. The fourth-order valence-electron chi connectivity index (χ4n) is 5.28. The second kappa shape index (κ2) is 14.4. The van der Waals surface area contributed by atoms with Crippen LogP contribution in [0.3, 0.4) is 0 Å². The quantitative estimate of drug-likeness (QED) is 0.308. The maximum atomic E-state index is 14.1. The van der Waals surface area contributed by atoms with E-state index in [2.05, 4.69) is 5.32 Å². The van der Waals surface area contributed by atoms with Crippen LogP contribution in [0.25, 0.3) is 0 Å². The molecule has 1 aliphatic rings. The molecule has 0 saturated heterocycles. The highest BCUT2D eigenvalue weighted by molar-refractivity contribution is 7.92. The van der Waals surface area contributed by atoms with Gasteiger partial charge in [0.25, 0.3) is 10.0 Å². The van der Waals surface area contributed by atoms with E-state index in [4.69, 9.17) is 9.47 Å². The summed E-state index contributed by atoms with van der Waals surface area (Å²) < 4.78 is 40.0. The second-order valence-electron chi connectivity index (χ2n) is 10.9. The Hall–Kier alpha value is -4.05. The first-order valence-electron chi connectivity index (χ1n) is 14.6. The molecule has 0 aliphatic heterocycles. The minimum atomic E-state index is -4.24. The summed E-state index contributed by atoms with van der Waals surface area (Å²) in [5.74, 6) is -0.121. The Balaban J connectivity index is 1.69. The molecule has 0 unspecified atom stereocenters. The number of carbonyl (C=O) groups is 2. The summed E-state index contributed by atoms with van der Waals surface area (Å²) in [5.41, 5.74) is 2.10. The molecule has 2 amide bonds. The number of nitrogens with one attached hydrogen (secondary N) is 1. The maximum Gasteiger partial charge on any atom is 0.264 e. The Morgan fingerprint density at radius 1 is 0.907 bits per heavy atom. The van der Waals surface area contributed by atoms with Gasteiger partial charge in [-0.25, -0.2) is 8.42 Å². The van der Waals surface area contributed by atoms with Crippen molar-refractivity contribution in [1.29, 1.82) is 0 Å². The Morgan fingerprint density at radius 3 is 2.19 bits per heavy atom. The standard InChI is InChI=1S/C33H41N3O6S/c1-24-15-17-28(18-16-24)36(43(39,40)29-19-20-30(41-3)31(21-29)42-4)23-32(37)35(22-26-11-7-5-8-12-26)25(2)33(38)34-27-13-9-6-10-14-27/h5,7-8,11-12,15-21,25,27H,6,9-10,13-14,22-23H2,1-4H3,(H,34,38)/t25-/m0/s1. The third kappa shape index (κ3) is 7.87. The van der Waals surface area contributed by atoms with Crippen molar-refractivity contribution in [2.45, 2.75) is 69.5 Å². The van der Waals surface area contributed by atoms with Gasteiger partial charge in [-0.2, -0.15) is 0 Å². The predicted molar refractivity (Wildman–Crippen MR) is 167 cm³/mol. The van der Waals surface area contributed by atoms with E-state index >= 15 is 0 Å². The van der Waals surface area contributed by atoms with Crippen LogP contribution < -0.4 is 19.1 Å². The zero-order valence-corrected chi connectivity index (χ0v) is 26.1. The first-order valence-corrected chi connectivity index (χ1v) is 16.0. The van der Waals surface area contributed by atoms with Crippen LogP contribution in [-0.2, 0) is 26.2 Å². The molecular weight excluding hydrogens is 566 g/mol.